The lowest BCUT2D eigenvalue weighted by Crippen LogP contribution is -2.29. The highest BCUT2D eigenvalue weighted by Crippen LogP contribution is 2.40. The van der Waals surface area contributed by atoms with E-state index in [0.29, 0.717) is 10.6 Å². The number of anilines is 1. The molecule has 1 atom stereocenters. The number of aliphatic hydroxyl groups is 1. The van der Waals surface area contributed by atoms with Gasteiger partial charge in [-0.1, -0.05) is 72.3 Å². The number of hydrogen-bond donors (Lipinski definition) is 1. The van der Waals surface area contributed by atoms with Gasteiger partial charge in [0.1, 0.15) is 5.60 Å². The van der Waals surface area contributed by atoms with Gasteiger partial charge in [0, 0.05) is 30.4 Å². The highest BCUT2D eigenvalue weighted by atomic mass is 35.5. The van der Waals surface area contributed by atoms with Gasteiger partial charge in [0.15, 0.2) is 0 Å². The highest BCUT2D eigenvalue weighted by molar-refractivity contribution is 6.31. The smallest absolute Gasteiger partial charge is 0.142 e. The first-order valence-electron chi connectivity index (χ1n) is 7.84. The first-order chi connectivity index (χ1) is 11.5. The first-order valence-corrected chi connectivity index (χ1v) is 8.22. The monoisotopic (exact) mass is 337 g/mol. The zero-order chi connectivity index (χ0) is 17.2. The molecule has 0 aliphatic heterocycles. The van der Waals surface area contributed by atoms with E-state index in [4.69, 9.17) is 11.6 Å². The highest BCUT2D eigenvalue weighted by Gasteiger charge is 2.35. The van der Waals surface area contributed by atoms with Crippen LogP contribution < -0.4 is 4.90 Å². The predicted octanol–water partition coefficient (Wildman–Crippen LogP) is 4.69. The largest absolute Gasteiger partial charge is 0.378 e. The molecule has 0 radical (unpaired) electrons. The third-order valence-electron chi connectivity index (χ3n) is 4.26. The molecule has 0 spiro atoms. The number of benzene rings is 3. The third kappa shape index (κ3) is 2.91. The first kappa shape index (κ1) is 16.6. The van der Waals surface area contributed by atoms with E-state index in [9.17, 15) is 5.11 Å². The van der Waals surface area contributed by atoms with Gasteiger partial charge in [-0.25, -0.2) is 0 Å². The lowest BCUT2D eigenvalue weighted by atomic mass is 9.80. The molecule has 1 N–H and O–H groups in total. The SMILES string of the molecule is CN(C)c1ccc(C(O)(c2ccccc2)c2ccccc2Cl)cc1. The molecule has 0 aliphatic carbocycles. The standard InChI is InChI=1S/C21H20ClNO/c1-23(2)18-14-12-17(13-15-18)21(24,16-8-4-3-5-9-16)19-10-6-7-11-20(19)22/h3-15,24H,1-2H3. The molecule has 0 fully saturated rings. The number of nitrogens with zero attached hydrogens (tertiary/aromatic N) is 1. The Bertz CT molecular complexity index is 815. The van der Waals surface area contributed by atoms with Gasteiger partial charge in [-0.2, -0.15) is 0 Å². The maximum atomic E-state index is 11.7. The molecule has 0 heterocycles. The van der Waals surface area contributed by atoms with Crippen LogP contribution >= 0.6 is 11.6 Å². The van der Waals surface area contributed by atoms with Crippen molar-refractivity contribution in [1.29, 1.82) is 0 Å². The molecule has 122 valence electrons. The average molecular weight is 338 g/mol. The summed E-state index contributed by atoms with van der Waals surface area (Å²) in [5, 5.41) is 12.3. The zero-order valence-electron chi connectivity index (χ0n) is 13.8. The Morgan fingerprint density at radius 1 is 0.750 bits per heavy atom. The molecule has 3 rings (SSSR count). The lowest BCUT2D eigenvalue weighted by molar-refractivity contribution is 0.126. The van der Waals surface area contributed by atoms with Crippen molar-refractivity contribution in [2.24, 2.45) is 0 Å². The van der Waals surface area contributed by atoms with E-state index in [-0.39, 0.29) is 0 Å². The van der Waals surface area contributed by atoms with Crippen LogP contribution in [-0.4, -0.2) is 19.2 Å². The Morgan fingerprint density at radius 2 is 1.29 bits per heavy atom. The van der Waals surface area contributed by atoms with Crippen LogP contribution in [0.4, 0.5) is 5.69 Å². The van der Waals surface area contributed by atoms with Gasteiger partial charge < -0.3 is 10.0 Å². The summed E-state index contributed by atoms with van der Waals surface area (Å²) in [6.45, 7) is 0. The second-order valence-electron chi connectivity index (χ2n) is 6.00. The predicted molar refractivity (Wildman–Crippen MR) is 101 cm³/mol. The fourth-order valence-corrected chi connectivity index (χ4v) is 3.18. The molecule has 1 unspecified atom stereocenters. The van der Waals surface area contributed by atoms with E-state index in [1.54, 1.807) is 6.07 Å². The van der Waals surface area contributed by atoms with E-state index in [1.807, 2.05) is 91.8 Å². The molecule has 24 heavy (non-hydrogen) atoms. The molecule has 0 aliphatic rings. The van der Waals surface area contributed by atoms with Crippen LogP contribution in [0.3, 0.4) is 0 Å². The molecular formula is C21H20ClNO. The van der Waals surface area contributed by atoms with Crippen molar-refractivity contribution < 1.29 is 5.11 Å². The molecule has 0 saturated heterocycles. The van der Waals surface area contributed by atoms with Crippen LogP contribution in [0.2, 0.25) is 5.02 Å². The number of halogens is 1. The van der Waals surface area contributed by atoms with Gasteiger partial charge in [0.25, 0.3) is 0 Å². The van der Waals surface area contributed by atoms with E-state index in [1.165, 1.54) is 0 Å². The van der Waals surface area contributed by atoms with Gasteiger partial charge in [0.05, 0.1) is 0 Å². The topological polar surface area (TPSA) is 23.5 Å². The van der Waals surface area contributed by atoms with Crippen molar-refractivity contribution in [3.05, 3.63) is 101 Å². The van der Waals surface area contributed by atoms with Crippen LogP contribution in [0.1, 0.15) is 16.7 Å². The summed E-state index contributed by atoms with van der Waals surface area (Å²) < 4.78 is 0. The summed E-state index contributed by atoms with van der Waals surface area (Å²) in [5.41, 5.74) is 2.02. The van der Waals surface area contributed by atoms with E-state index >= 15 is 0 Å². The minimum absolute atomic E-state index is 0.542. The third-order valence-corrected chi connectivity index (χ3v) is 4.59. The van der Waals surface area contributed by atoms with Crippen molar-refractivity contribution in [3.63, 3.8) is 0 Å². The Morgan fingerprint density at radius 3 is 1.88 bits per heavy atom. The lowest BCUT2D eigenvalue weighted by Gasteiger charge is -2.31. The Hall–Kier alpha value is -2.29. The Balaban J connectivity index is 2.21. The van der Waals surface area contributed by atoms with Gasteiger partial charge >= 0.3 is 0 Å². The second kappa shape index (κ2) is 6.68. The van der Waals surface area contributed by atoms with Crippen LogP contribution in [0.25, 0.3) is 0 Å². The minimum atomic E-state index is -1.30. The summed E-state index contributed by atoms with van der Waals surface area (Å²) in [7, 11) is 3.99. The molecule has 3 heteroatoms. The second-order valence-corrected chi connectivity index (χ2v) is 6.40. The van der Waals surface area contributed by atoms with Crippen LogP contribution in [-0.2, 0) is 5.60 Å². The van der Waals surface area contributed by atoms with Crippen LogP contribution in [0, 0.1) is 0 Å². The Labute approximate surface area is 147 Å². The number of hydrogen-bond acceptors (Lipinski definition) is 2. The summed E-state index contributed by atoms with van der Waals surface area (Å²) in [6, 6.07) is 25.0. The van der Waals surface area contributed by atoms with Gasteiger partial charge in [-0.05, 0) is 29.3 Å². The van der Waals surface area contributed by atoms with Gasteiger partial charge in [-0.15, -0.1) is 0 Å². The van der Waals surface area contributed by atoms with E-state index < -0.39 is 5.60 Å². The molecule has 0 bridgehead atoms. The molecule has 3 aromatic carbocycles. The maximum Gasteiger partial charge on any atom is 0.142 e. The van der Waals surface area contributed by atoms with Gasteiger partial charge in [-0.3, -0.25) is 0 Å². The van der Waals surface area contributed by atoms with E-state index in [2.05, 4.69) is 0 Å². The van der Waals surface area contributed by atoms with Crippen LogP contribution in [0.5, 0.6) is 0 Å². The van der Waals surface area contributed by atoms with Crippen molar-refractivity contribution in [2.75, 3.05) is 19.0 Å². The normalized spacial score (nSPS) is 13.3. The average Bonchev–Trinajstić information content (AvgIpc) is 2.62. The zero-order valence-corrected chi connectivity index (χ0v) is 14.5. The summed E-state index contributed by atoms with van der Waals surface area (Å²) in [5.74, 6) is 0. The molecule has 0 amide bonds. The molecular weight excluding hydrogens is 318 g/mol. The number of rotatable bonds is 4. The maximum absolute atomic E-state index is 11.7. The van der Waals surface area contributed by atoms with Crippen LogP contribution in [0.15, 0.2) is 78.9 Å². The summed E-state index contributed by atoms with van der Waals surface area (Å²) >= 11 is 6.42. The molecule has 3 aromatic rings. The van der Waals surface area contributed by atoms with E-state index in [0.717, 1.165) is 16.8 Å². The van der Waals surface area contributed by atoms with Crippen molar-refractivity contribution in [1.82, 2.24) is 0 Å². The van der Waals surface area contributed by atoms with Crippen molar-refractivity contribution in [2.45, 2.75) is 5.60 Å². The Kier molecular flexibility index (Phi) is 4.61. The fraction of sp³-hybridized carbons (Fsp3) is 0.143. The summed E-state index contributed by atoms with van der Waals surface area (Å²) in [6.07, 6.45) is 0. The van der Waals surface area contributed by atoms with Gasteiger partial charge in [0.2, 0.25) is 0 Å². The van der Waals surface area contributed by atoms with Crippen molar-refractivity contribution in [3.8, 4) is 0 Å². The minimum Gasteiger partial charge on any atom is -0.378 e. The quantitative estimate of drug-likeness (QED) is 0.698. The summed E-state index contributed by atoms with van der Waals surface area (Å²) in [4.78, 5) is 2.03. The fourth-order valence-electron chi connectivity index (χ4n) is 2.91. The molecule has 2 nitrogen and oxygen atoms in total. The van der Waals surface area contributed by atoms with Crippen molar-refractivity contribution >= 4 is 17.3 Å². The molecule has 0 saturated carbocycles. The molecule has 0 aromatic heterocycles.